The average Bonchev–Trinajstić information content (AvgIpc) is 1.51. The van der Waals surface area contributed by atoms with Crippen LogP contribution in [0.3, 0.4) is 0 Å². The van der Waals surface area contributed by atoms with Gasteiger partial charge in [-0.25, -0.2) is 44.6 Å². The van der Waals surface area contributed by atoms with Gasteiger partial charge in [-0.2, -0.15) is 5.26 Å². The van der Waals surface area contributed by atoms with Crippen molar-refractivity contribution in [2.24, 2.45) is 0 Å². The van der Waals surface area contributed by atoms with E-state index in [0.29, 0.717) is 34.3 Å². The molecule has 0 atom stereocenters. The first kappa shape index (κ1) is 86.3. The van der Waals surface area contributed by atoms with E-state index in [-0.39, 0.29) is 0 Å². The maximum atomic E-state index is 9.73. The lowest BCUT2D eigenvalue weighted by Gasteiger charge is -2.30. The highest BCUT2D eigenvalue weighted by molar-refractivity contribution is 6.07. The molecule has 0 bridgehead atoms. The third-order valence-electron chi connectivity index (χ3n) is 31.5. The summed E-state index contributed by atoms with van der Waals surface area (Å²) in [6, 6.07) is 175. The highest BCUT2D eigenvalue weighted by atomic mass is 15.1. The molecule has 0 N–H and O–H groups in total. The van der Waals surface area contributed by atoms with Crippen molar-refractivity contribution in [2.45, 2.75) is 16.2 Å². The minimum Gasteiger partial charge on any atom is -0.292 e. The molecule has 6 aliphatic carbocycles. The summed E-state index contributed by atoms with van der Waals surface area (Å²) < 4.78 is 2.25. The molecule has 31 rings (SSSR count). The lowest BCUT2D eigenvalue weighted by Crippen LogP contribution is -2.25. The normalized spacial score (nSPS) is 13.1. The zero-order chi connectivity index (χ0) is 99.4. The maximum Gasteiger partial charge on any atom is 0.189 e. The lowest BCUT2D eigenvalue weighted by atomic mass is 9.70. The molecule has 11 nitrogen and oxygen atoms in total. The summed E-state index contributed by atoms with van der Waals surface area (Å²) in [6.07, 6.45) is 0. The van der Waals surface area contributed by atoms with Crippen molar-refractivity contribution in [1.29, 1.82) is 5.26 Å². The molecule has 3 spiro atoms. The second-order valence-electron chi connectivity index (χ2n) is 39.0. The van der Waals surface area contributed by atoms with Gasteiger partial charge in [-0.15, -0.1) is 0 Å². The van der Waals surface area contributed by atoms with Gasteiger partial charge in [0.15, 0.2) is 28.8 Å². The van der Waals surface area contributed by atoms with Crippen molar-refractivity contribution in [2.75, 3.05) is 0 Å². The SMILES string of the molecule is [C-]#[N+]c1cc(C#N)cc(-c2nc(-c3cccc4c3-c3ccccc3C43c4ccccc4-c4ccccc43)nc3ccccc23)c1.[C-]#[N+]c1ccc(-c2nc(-c3cccc4c3-c3ccccc3C43c4ccccc4-c4ccccc43)nc3ccccc23)cc1.c1ccc(-c2nc3cc(-c4ccc(-c5nc(-c6cccc7c6-c6ccccc6C76c7ccccc7-c7ccccc76)nc6ccccc56)cc4)ccc3n2-c2ccccc2)cc1. The molecule has 150 heavy (non-hydrogen) atoms. The molecule has 0 unspecified atom stereocenters. The molecule has 0 fully saturated rings. The van der Waals surface area contributed by atoms with E-state index in [9.17, 15) is 5.26 Å². The van der Waals surface area contributed by atoms with Gasteiger partial charge in [-0.05, 0) is 216 Å². The van der Waals surface area contributed by atoms with Crippen LogP contribution in [0.25, 0.3) is 216 Å². The van der Waals surface area contributed by atoms with E-state index in [1.54, 1.807) is 18.2 Å². The van der Waals surface area contributed by atoms with Crippen LogP contribution < -0.4 is 0 Å². The Kier molecular flexibility index (Phi) is 19.6. The van der Waals surface area contributed by atoms with Crippen LogP contribution in [0, 0.1) is 24.5 Å². The van der Waals surface area contributed by atoms with Gasteiger partial charge in [0, 0.05) is 55.2 Å². The van der Waals surface area contributed by atoms with E-state index >= 15 is 0 Å². The standard InChI is InChI=1S/C58H36N4.C41H22N4.C40H23N3/c1-3-16-39(17-4-1)57-60-52-36-40(34-35-53(52)62(57)41-18-5-2-6-19-41)37-30-32-38(33-31-37)55-45-23-10-14-29-51(45)59-56(61-55)46-24-15-28-50-54(46)44-22-9-13-27-49(44)58(50)47-25-11-7-20-42(47)43-21-8-12-26-48(43)58;1-43-27-22-25(24-42)21-26(23-27)39-31-14-5-9-20-37(31)44-40(45-39)32-15-10-19-36-38(32)30-13-4-8-18-35(30)41(36)33-16-6-2-11-28(33)29-12-3-7-17-34(29)41;1-41-26-23-21-25(22-24-26)38-30-14-5-9-20-36(30)42-39(43-38)31-15-10-19-35-37(31)29-13-4-8-18-34(29)40(35)32-16-6-2-11-27(32)28-12-3-7-17-33(28)40/h1-36H;2-23H;2-24H. The fourth-order valence-electron chi connectivity index (χ4n) is 25.5. The molecule has 4 heterocycles. The summed E-state index contributed by atoms with van der Waals surface area (Å²) in [5, 5.41) is 12.6. The Morgan fingerprint density at radius 3 is 0.887 bits per heavy atom. The summed E-state index contributed by atoms with van der Waals surface area (Å²) in [6.45, 7) is 15.0. The maximum absolute atomic E-state index is 9.73. The Labute approximate surface area is 865 Å². The van der Waals surface area contributed by atoms with Crippen LogP contribution in [0.2, 0.25) is 0 Å². The van der Waals surface area contributed by atoms with Crippen molar-refractivity contribution < 1.29 is 0 Å². The number of fused-ring (bicyclic) bond motifs is 34. The Balaban J connectivity index is 0.000000108. The topological polar surface area (TPSA) is 128 Å². The summed E-state index contributed by atoms with van der Waals surface area (Å²) in [5.41, 5.74) is 47.7. The van der Waals surface area contributed by atoms with Crippen LogP contribution in [-0.4, -0.2) is 39.5 Å². The number of nitriles is 1. The van der Waals surface area contributed by atoms with Crippen LogP contribution in [0.15, 0.2) is 491 Å². The van der Waals surface area contributed by atoms with Crippen LogP contribution in [0.5, 0.6) is 0 Å². The number of rotatable bonds is 9. The van der Waals surface area contributed by atoms with Crippen molar-refractivity contribution in [3.8, 4) is 169 Å². The lowest BCUT2D eigenvalue weighted by molar-refractivity contribution is 0.794. The first-order valence-electron chi connectivity index (χ1n) is 50.5. The van der Waals surface area contributed by atoms with Crippen LogP contribution in [0.1, 0.15) is 72.3 Å². The minimum absolute atomic E-state index is 0.406. The van der Waals surface area contributed by atoms with E-state index in [0.717, 1.165) is 128 Å². The van der Waals surface area contributed by atoms with Crippen LogP contribution >= 0.6 is 0 Å². The average molecular weight is 1910 g/mol. The van der Waals surface area contributed by atoms with Gasteiger partial charge in [0.05, 0.1) is 80.1 Å². The number of hydrogen-bond donors (Lipinski definition) is 0. The second-order valence-corrected chi connectivity index (χ2v) is 39.0. The smallest absolute Gasteiger partial charge is 0.189 e. The highest BCUT2D eigenvalue weighted by Gasteiger charge is 2.56. The van der Waals surface area contributed by atoms with Gasteiger partial charge in [-0.1, -0.05) is 431 Å². The number of nitrogens with zero attached hydrogens (tertiary/aromatic N) is 11. The summed E-state index contributed by atoms with van der Waals surface area (Å²) in [7, 11) is 0. The minimum atomic E-state index is -0.458. The van der Waals surface area contributed by atoms with Gasteiger partial charge in [0.1, 0.15) is 5.82 Å². The van der Waals surface area contributed by atoms with Crippen molar-refractivity contribution in [3.05, 3.63) is 587 Å². The van der Waals surface area contributed by atoms with Crippen molar-refractivity contribution in [3.63, 3.8) is 0 Å². The first-order valence-corrected chi connectivity index (χ1v) is 50.5. The molecule has 6 aliphatic rings. The van der Waals surface area contributed by atoms with Gasteiger partial charge >= 0.3 is 0 Å². The third-order valence-corrected chi connectivity index (χ3v) is 31.5. The van der Waals surface area contributed by atoms with Gasteiger partial charge in [0.2, 0.25) is 0 Å². The van der Waals surface area contributed by atoms with Crippen molar-refractivity contribution in [1.82, 2.24) is 39.5 Å². The quantitative estimate of drug-likeness (QED) is 0.131. The molecular formula is C139H81N11. The number of benzene rings is 21. The zero-order valence-electron chi connectivity index (χ0n) is 80.7. The first-order chi connectivity index (χ1) is 74.3. The van der Waals surface area contributed by atoms with E-state index < -0.39 is 16.2 Å². The predicted octanol–water partition coefficient (Wildman–Crippen LogP) is 33.6. The molecule has 0 radical (unpaired) electrons. The number of para-hydroxylation sites is 4. The van der Waals surface area contributed by atoms with E-state index in [1.807, 2.05) is 72.8 Å². The number of hydrogen-bond acceptors (Lipinski definition) is 8. The fraction of sp³-hybridized carbons (Fsp3) is 0.0216. The Morgan fingerprint density at radius 2 is 0.513 bits per heavy atom. The van der Waals surface area contributed by atoms with Gasteiger partial charge in [-0.3, -0.25) is 4.57 Å². The molecule has 25 aromatic rings. The van der Waals surface area contributed by atoms with E-state index in [4.69, 9.17) is 48.0 Å². The van der Waals surface area contributed by atoms with Gasteiger partial charge in [0.25, 0.3) is 0 Å². The largest absolute Gasteiger partial charge is 0.292 e. The molecule has 0 saturated carbocycles. The highest BCUT2D eigenvalue weighted by Crippen LogP contribution is 2.68. The predicted molar refractivity (Wildman–Crippen MR) is 603 cm³/mol. The molecule has 0 saturated heterocycles. The summed E-state index contributed by atoms with van der Waals surface area (Å²) in [5.74, 6) is 2.95. The van der Waals surface area contributed by atoms with Crippen LogP contribution in [0.4, 0.5) is 11.4 Å². The fourth-order valence-corrected chi connectivity index (χ4v) is 25.5. The van der Waals surface area contributed by atoms with Gasteiger partial charge < -0.3 is 0 Å². The summed E-state index contributed by atoms with van der Waals surface area (Å²) in [4.78, 5) is 44.0. The zero-order valence-corrected chi connectivity index (χ0v) is 80.7. The summed E-state index contributed by atoms with van der Waals surface area (Å²) >= 11 is 0. The third kappa shape index (κ3) is 12.7. The molecule has 0 aliphatic heterocycles. The molecule has 21 aromatic carbocycles. The Morgan fingerprint density at radius 1 is 0.213 bits per heavy atom. The Hall–Kier alpha value is -20.4. The molecule has 11 heteroatoms. The number of imidazole rings is 1. The second kappa shape index (κ2) is 34.1. The van der Waals surface area contributed by atoms with E-state index in [2.05, 4.69) is 421 Å². The Bertz CT molecular complexity index is 9990. The van der Waals surface area contributed by atoms with Crippen molar-refractivity contribution >= 4 is 55.1 Å². The molecular weight excluding hydrogens is 1820 g/mol. The molecule has 0 amide bonds. The molecule has 692 valence electrons. The van der Waals surface area contributed by atoms with Crippen LogP contribution in [-0.2, 0) is 16.2 Å². The monoisotopic (exact) mass is 1900 g/mol. The molecule has 4 aromatic heterocycles. The van der Waals surface area contributed by atoms with E-state index in [1.165, 1.54) is 128 Å². The number of aromatic nitrogens is 8.